The molecule has 0 fully saturated rings. The molecule has 0 spiro atoms. The number of hydrogen-bond donors (Lipinski definition) is 1. The number of benzene rings is 2. The molecule has 6 nitrogen and oxygen atoms in total. The second-order valence-corrected chi connectivity index (χ2v) is 6.50. The Labute approximate surface area is 160 Å². The van der Waals surface area contributed by atoms with Crippen LogP contribution in [-0.2, 0) is 13.0 Å². The minimum Gasteiger partial charge on any atom is -0.496 e. The topological polar surface area (TPSA) is 60.0 Å². The minimum absolute atomic E-state index is 0.0817. The number of ether oxygens (including phenoxy) is 3. The Kier molecular flexibility index (Phi) is 6.06. The van der Waals surface area contributed by atoms with Gasteiger partial charge in [-0.2, -0.15) is 0 Å². The predicted octanol–water partition coefficient (Wildman–Crippen LogP) is 3.51. The van der Waals surface area contributed by atoms with Gasteiger partial charge in [-0.1, -0.05) is 23.8 Å². The summed E-state index contributed by atoms with van der Waals surface area (Å²) in [6.45, 7) is 5.96. The predicted molar refractivity (Wildman–Crippen MR) is 103 cm³/mol. The Morgan fingerprint density at radius 1 is 1.19 bits per heavy atom. The lowest BCUT2D eigenvalue weighted by Crippen LogP contribution is -2.40. The van der Waals surface area contributed by atoms with Crippen LogP contribution in [-0.4, -0.2) is 37.9 Å². The molecule has 2 amide bonds. The van der Waals surface area contributed by atoms with E-state index in [1.54, 1.807) is 12.0 Å². The lowest BCUT2D eigenvalue weighted by molar-refractivity contribution is 0.173. The Morgan fingerprint density at radius 3 is 2.78 bits per heavy atom. The molecular formula is C21H26N2O4. The molecule has 0 saturated heterocycles. The number of methoxy groups -OCH3 is 1. The van der Waals surface area contributed by atoms with Gasteiger partial charge >= 0.3 is 6.03 Å². The molecule has 1 heterocycles. The Hall–Kier alpha value is -2.89. The fraction of sp³-hybridized carbons (Fsp3) is 0.381. The number of carbonyl (C=O) groups excluding carboxylic acids is 1. The van der Waals surface area contributed by atoms with Crippen molar-refractivity contribution in [2.75, 3.05) is 27.0 Å². The summed E-state index contributed by atoms with van der Waals surface area (Å²) in [6, 6.07) is 11.8. The van der Waals surface area contributed by atoms with Gasteiger partial charge in [-0.15, -0.1) is 0 Å². The molecule has 0 aromatic heterocycles. The van der Waals surface area contributed by atoms with E-state index < -0.39 is 0 Å². The average Bonchev–Trinajstić information content (AvgIpc) is 3.14. The quantitative estimate of drug-likeness (QED) is 0.810. The van der Waals surface area contributed by atoms with E-state index >= 15 is 0 Å². The van der Waals surface area contributed by atoms with Crippen LogP contribution in [0.5, 0.6) is 17.2 Å². The number of urea groups is 1. The van der Waals surface area contributed by atoms with E-state index in [0.29, 0.717) is 19.6 Å². The van der Waals surface area contributed by atoms with E-state index in [2.05, 4.69) is 11.4 Å². The molecular weight excluding hydrogens is 344 g/mol. The highest BCUT2D eigenvalue weighted by Crippen LogP contribution is 2.32. The third-order valence-corrected chi connectivity index (χ3v) is 4.59. The Morgan fingerprint density at radius 2 is 2.00 bits per heavy atom. The van der Waals surface area contributed by atoms with Crippen LogP contribution in [0.15, 0.2) is 36.4 Å². The van der Waals surface area contributed by atoms with Gasteiger partial charge in [0.25, 0.3) is 0 Å². The molecule has 2 aromatic carbocycles. The maximum Gasteiger partial charge on any atom is 0.317 e. The van der Waals surface area contributed by atoms with Gasteiger partial charge in [-0.3, -0.25) is 0 Å². The van der Waals surface area contributed by atoms with E-state index in [0.717, 1.165) is 34.8 Å². The molecule has 0 radical (unpaired) electrons. The second kappa shape index (κ2) is 8.66. The normalized spacial score (nSPS) is 12.0. The summed E-state index contributed by atoms with van der Waals surface area (Å²) >= 11 is 0. The molecule has 6 heteroatoms. The van der Waals surface area contributed by atoms with Crippen molar-refractivity contribution in [1.82, 2.24) is 10.2 Å². The van der Waals surface area contributed by atoms with Crippen LogP contribution in [0.3, 0.4) is 0 Å². The fourth-order valence-corrected chi connectivity index (χ4v) is 3.11. The molecule has 1 N–H and O–H groups in total. The number of carbonyl (C=O) groups is 1. The van der Waals surface area contributed by atoms with Crippen molar-refractivity contribution in [1.29, 1.82) is 0 Å². The molecule has 144 valence electrons. The molecule has 0 bridgehead atoms. The van der Waals surface area contributed by atoms with Crippen molar-refractivity contribution in [3.63, 3.8) is 0 Å². The Bertz CT molecular complexity index is 807. The summed E-state index contributed by atoms with van der Waals surface area (Å²) < 4.78 is 16.1. The van der Waals surface area contributed by atoms with Gasteiger partial charge in [0.15, 0.2) is 11.5 Å². The van der Waals surface area contributed by atoms with Crippen LogP contribution < -0.4 is 19.5 Å². The van der Waals surface area contributed by atoms with Gasteiger partial charge in [-0.05, 0) is 49.6 Å². The zero-order chi connectivity index (χ0) is 19.2. The molecule has 0 saturated carbocycles. The molecule has 0 unspecified atom stereocenters. The van der Waals surface area contributed by atoms with Gasteiger partial charge in [0.2, 0.25) is 6.79 Å². The van der Waals surface area contributed by atoms with Crippen molar-refractivity contribution < 1.29 is 19.0 Å². The summed E-state index contributed by atoms with van der Waals surface area (Å²) in [5.74, 6) is 2.33. The molecule has 0 aliphatic carbocycles. The largest absolute Gasteiger partial charge is 0.496 e. The lowest BCUT2D eigenvalue weighted by atomic mass is 10.1. The number of amides is 2. The first-order valence-corrected chi connectivity index (χ1v) is 9.15. The fourth-order valence-electron chi connectivity index (χ4n) is 3.11. The number of nitrogens with zero attached hydrogens (tertiary/aromatic N) is 1. The number of nitrogens with one attached hydrogen (secondary N) is 1. The number of hydrogen-bond acceptors (Lipinski definition) is 4. The monoisotopic (exact) mass is 370 g/mol. The molecule has 1 aliphatic rings. The third kappa shape index (κ3) is 4.64. The Balaban J connectivity index is 1.55. The van der Waals surface area contributed by atoms with Crippen LogP contribution in [0.2, 0.25) is 0 Å². The van der Waals surface area contributed by atoms with Crippen molar-refractivity contribution in [2.24, 2.45) is 0 Å². The summed E-state index contributed by atoms with van der Waals surface area (Å²) in [5, 5.41) is 3.00. The first-order valence-electron chi connectivity index (χ1n) is 9.15. The molecule has 1 aliphatic heterocycles. The maximum absolute atomic E-state index is 12.6. The standard InChI is InChI=1S/C21H26N2O4/c1-4-23(13-16-6-8-19-20(12-16)27-14-26-19)21(24)22-10-9-17-11-15(2)5-7-18(17)25-3/h5-8,11-12H,4,9-10,13-14H2,1-3H3,(H,22,24). The van der Waals surface area contributed by atoms with Gasteiger partial charge in [-0.25, -0.2) is 4.79 Å². The van der Waals surface area contributed by atoms with Crippen molar-refractivity contribution in [2.45, 2.75) is 26.8 Å². The van der Waals surface area contributed by atoms with Crippen LogP contribution in [0.4, 0.5) is 4.79 Å². The maximum atomic E-state index is 12.6. The van der Waals surface area contributed by atoms with E-state index in [9.17, 15) is 4.79 Å². The van der Waals surface area contributed by atoms with Gasteiger partial charge in [0.05, 0.1) is 7.11 Å². The first kappa shape index (κ1) is 18.9. The highest BCUT2D eigenvalue weighted by Gasteiger charge is 2.16. The zero-order valence-corrected chi connectivity index (χ0v) is 16.1. The van der Waals surface area contributed by atoms with Crippen molar-refractivity contribution in [3.8, 4) is 17.2 Å². The SMILES string of the molecule is CCN(Cc1ccc2c(c1)OCO2)C(=O)NCCc1cc(C)ccc1OC. The van der Waals surface area contributed by atoms with Crippen LogP contribution in [0.1, 0.15) is 23.6 Å². The smallest absolute Gasteiger partial charge is 0.317 e. The van der Waals surface area contributed by atoms with Crippen LogP contribution in [0, 0.1) is 6.92 Å². The van der Waals surface area contributed by atoms with Crippen molar-refractivity contribution in [3.05, 3.63) is 53.1 Å². The van der Waals surface area contributed by atoms with E-state index in [4.69, 9.17) is 14.2 Å². The number of rotatable bonds is 7. The zero-order valence-electron chi connectivity index (χ0n) is 16.1. The minimum atomic E-state index is -0.0817. The molecule has 3 rings (SSSR count). The van der Waals surface area contributed by atoms with Gasteiger partial charge in [0.1, 0.15) is 5.75 Å². The summed E-state index contributed by atoms with van der Waals surface area (Å²) in [5.41, 5.74) is 3.28. The molecule has 2 aromatic rings. The van der Waals surface area contributed by atoms with E-state index in [1.807, 2.05) is 44.2 Å². The van der Waals surface area contributed by atoms with Crippen LogP contribution >= 0.6 is 0 Å². The number of fused-ring (bicyclic) bond motifs is 1. The van der Waals surface area contributed by atoms with E-state index in [-0.39, 0.29) is 12.8 Å². The van der Waals surface area contributed by atoms with E-state index in [1.165, 1.54) is 5.56 Å². The third-order valence-electron chi connectivity index (χ3n) is 4.59. The lowest BCUT2D eigenvalue weighted by Gasteiger charge is -2.22. The molecule has 0 atom stereocenters. The van der Waals surface area contributed by atoms with Gasteiger partial charge < -0.3 is 24.4 Å². The number of aryl methyl sites for hydroxylation is 1. The highest BCUT2D eigenvalue weighted by atomic mass is 16.7. The summed E-state index contributed by atoms with van der Waals surface area (Å²) in [6.07, 6.45) is 0.720. The molecule has 27 heavy (non-hydrogen) atoms. The summed E-state index contributed by atoms with van der Waals surface area (Å²) in [7, 11) is 1.66. The second-order valence-electron chi connectivity index (χ2n) is 6.50. The van der Waals surface area contributed by atoms with Crippen LogP contribution in [0.25, 0.3) is 0 Å². The average molecular weight is 370 g/mol. The first-order chi connectivity index (χ1) is 13.1. The van der Waals surface area contributed by atoms with Crippen molar-refractivity contribution >= 4 is 6.03 Å². The highest BCUT2D eigenvalue weighted by molar-refractivity contribution is 5.74. The summed E-state index contributed by atoms with van der Waals surface area (Å²) in [4.78, 5) is 14.3. The van der Waals surface area contributed by atoms with Gasteiger partial charge in [0, 0.05) is 19.6 Å².